The third-order valence-corrected chi connectivity index (χ3v) is 2.91. The maximum Gasteiger partial charge on any atom is 0.143 e. The van der Waals surface area contributed by atoms with E-state index in [-0.39, 0.29) is 24.0 Å². The molecule has 0 amide bonds. The van der Waals surface area contributed by atoms with Crippen molar-refractivity contribution in [3.05, 3.63) is 0 Å². The van der Waals surface area contributed by atoms with E-state index in [2.05, 4.69) is 34.9 Å². The van der Waals surface area contributed by atoms with Crippen LogP contribution in [0, 0.1) is 5.92 Å². The minimum absolute atomic E-state index is 0. The molecule has 2 atom stereocenters. The molecule has 1 saturated heterocycles. The number of hydrogen-bond donors (Lipinski definition) is 0. The molecule has 0 spiro atoms. The first kappa shape index (κ1) is 10.7. The molecule has 0 N–H and O–H groups in total. The molecule has 1 aliphatic heterocycles. The molecular formula is C8H18IN. The van der Waals surface area contributed by atoms with Crippen LogP contribution in [0.4, 0.5) is 0 Å². The maximum atomic E-state index is 2.34. The van der Waals surface area contributed by atoms with Crippen LogP contribution in [0.2, 0.25) is 0 Å². The zero-order chi connectivity index (χ0) is 7.23. The van der Waals surface area contributed by atoms with Crippen LogP contribution in [-0.4, -0.2) is 30.7 Å². The molecule has 62 valence electrons. The van der Waals surface area contributed by atoms with Crippen molar-refractivity contribution in [3.8, 4) is 0 Å². The molecule has 0 radical (unpaired) electrons. The lowest BCUT2D eigenvalue weighted by atomic mass is 10.1. The fourth-order valence-corrected chi connectivity index (χ4v) is 2.15. The molecule has 1 nitrogen and oxygen atoms in total. The molecule has 0 aromatic rings. The van der Waals surface area contributed by atoms with E-state index in [0.29, 0.717) is 0 Å². The number of nitrogens with zero attached hydrogens (tertiary/aromatic N) is 1. The molecule has 1 fully saturated rings. The van der Waals surface area contributed by atoms with Gasteiger partial charge in [0.2, 0.25) is 0 Å². The number of halogens is 1. The van der Waals surface area contributed by atoms with E-state index in [1.165, 1.54) is 4.48 Å². The Balaban J connectivity index is 0.000000810. The Hall–Kier alpha value is 0.690. The van der Waals surface area contributed by atoms with Crippen molar-refractivity contribution in [3.63, 3.8) is 0 Å². The van der Waals surface area contributed by atoms with Crippen LogP contribution in [0.25, 0.3) is 0 Å². The highest BCUT2D eigenvalue weighted by molar-refractivity contribution is 4.83. The van der Waals surface area contributed by atoms with Gasteiger partial charge in [0.05, 0.1) is 14.1 Å². The van der Waals surface area contributed by atoms with Gasteiger partial charge < -0.3 is 28.5 Å². The third kappa shape index (κ3) is 1.47. The van der Waals surface area contributed by atoms with Crippen LogP contribution >= 0.6 is 0 Å². The Morgan fingerprint density at radius 2 is 1.50 bits per heavy atom. The lowest BCUT2D eigenvalue weighted by Gasteiger charge is -2.07. The summed E-state index contributed by atoms with van der Waals surface area (Å²) in [7, 11) is 4.63. The second kappa shape index (κ2) is 2.97. The Labute approximate surface area is 81.4 Å². The summed E-state index contributed by atoms with van der Waals surface area (Å²) in [6, 6.07) is 1.81. The van der Waals surface area contributed by atoms with Crippen molar-refractivity contribution < 1.29 is 28.5 Å². The molecule has 1 rings (SSSR count). The molecular weight excluding hydrogens is 237 g/mol. The lowest BCUT2D eigenvalue weighted by Crippen LogP contribution is -3.00. The van der Waals surface area contributed by atoms with Crippen molar-refractivity contribution in [2.24, 2.45) is 5.92 Å². The summed E-state index contributed by atoms with van der Waals surface area (Å²) in [5.74, 6) is 0.856. The molecule has 1 aliphatic rings. The average Bonchev–Trinajstić information content (AvgIpc) is 2.07. The number of quaternary nitrogens is 1. The summed E-state index contributed by atoms with van der Waals surface area (Å²) in [6.07, 6.45) is 0. The molecule has 2 heteroatoms. The highest BCUT2D eigenvalue weighted by Gasteiger charge is 2.58. The summed E-state index contributed by atoms with van der Waals surface area (Å²) >= 11 is 0. The highest BCUT2D eigenvalue weighted by atomic mass is 127. The predicted molar refractivity (Wildman–Crippen MR) is 40.2 cm³/mol. The zero-order valence-corrected chi connectivity index (χ0v) is 9.71. The first-order valence-corrected chi connectivity index (χ1v) is 3.81. The van der Waals surface area contributed by atoms with Gasteiger partial charge in [0.15, 0.2) is 0 Å². The van der Waals surface area contributed by atoms with Crippen molar-refractivity contribution in [1.29, 1.82) is 0 Å². The van der Waals surface area contributed by atoms with E-state index in [9.17, 15) is 0 Å². The normalized spacial score (nSPS) is 35.4. The first-order chi connectivity index (χ1) is 3.98. The summed E-state index contributed by atoms with van der Waals surface area (Å²) in [6.45, 7) is 6.97. The molecule has 0 aromatic heterocycles. The Morgan fingerprint density at radius 1 is 1.20 bits per heavy atom. The summed E-state index contributed by atoms with van der Waals surface area (Å²) in [4.78, 5) is 0. The van der Waals surface area contributed by atoms with Crippen LogP contribution in [0.1, 0.15) is 20.8 Å². The van der Waals surface area contributed by atoms with Crippen molar-refractivity contribution in [2.75, 3.05) is 14.1 Å². The predicted octanol–water partition coefficient (Wildman–Crippen LogP) is -1.51. The molecule has 0 aromatic carbocycles. The minimum Gasteiger partial charge on any atom is -1.00 e. The lowest BCUT2D eigenvalue weighted by molar-refractivity contribution is -0.784. The van der Waals surface area contributed by atoms with Crippen molar-refractivity contribution >= 4 is 0 Å². The van der Waals surface area contributed by atoms with Gasteiger partial charge in [0.25, 0.3) is 0 Å². The van der Waals surface area contributed by atoms with Crippen LogP contribution in [0.15, 0.2) is 0 Å². The van der Waals surface area contributed by atoms with E-state index >= 15 is 0 Å². The van der Waals surface area contributed by atoms with Gasteiger partial charge in [0, 0.05) is 5.92 Å². The summed E-state index contributed by atoms with van der Waals surface area (Å²) in [5, 5.41) is 0. The second-order valence-electron chi connectivity index (χ2n) is 4.10. The van der Waals surface area contributed by atoms with E-state index in [0.717, 1.165) is 18.0 Å². The van der Waals surface area contributed by atoms with Crippen molar-refractivity contribution in [2.45, 2.75) is 32.9 Å². The van der Waals surface area contributed by atoms with Gasteiger partial charge in [-0.25, -0.2) is 0 Å². The highest BCUT2D eigenvalue weighted by Crippen LogP contribution is 2.39. The maximum absolute atomic E-state index is 2.34. The summed E-state index contributed by atoms with van der Waals surface area (Å²) < 4.78 is 1.23. The Kier molecular flexibility index (Phi) is 3.18. The fraction of sp³-hybridized carbons (Fsp3) is 1.00. The van der Waals surface area contributed by atoms with Crippen LogP contribution in [0.5, 0.6) is 0 Å². The molecule has 0 saturated carbocycles. The smallest absolute Gasteiger partial charge is 0.143 e. The molecule has 0 bridgehead atoms. The average molecular weight is 255 g/mol. The van der Waals surface area contributed by atoms with Crippen molar-refractivity contribution in [1.82, 2.24) is 0 Å². The van der Waals surface area contributed by atoms with Gasteiger partial charge in [0.1, 0.15) is 12.1 Å². The number of likely N-dealkylation sites (N-methyl/N-ethyl adjacent to an activating group) is 1. The first-order valence-electron chi connectivity index (χ1n) is 3.81. The minimum atomic E-state index is 0. The standard InChI is InChI=1S/C8H18N.HI/c1-6(2)8-7(3)9(8,4)5;/h6-8H,1-5H3;1H/q+1;/p-1/t7-,8-;/m1./s1. The number of hydrogen-bond acceptors (Lipinski definition) is 0. The van der Waals surface area contributed by atoms with Gasteiger partial charge in [-0.15, -0.1) is 0 Å². The van der Waals surface area contributed by atoms with Gasteiger partial charge in [-0.3, -0.25) is 0 Å². The topological polar surface area (TPSA) is 0 Å². The van der Waals surface area contributed by atoms with Crippen LogP contribution < -0.4 is 24.0 Å². The largest absolute Gasteiger partial charge is 1.00 e. The Bertz CT molecular complexity index is 120. The third-order valence-electron chi connectivity index (χ3n) is 2.91. The van der Waals surface area contributed by atoms with E-state index in [1.54, 1.807) is 0 Å². The van der Waals surface area contributed by atoms with Gasteiger partial charge in [-0.05, 0) is 6.92 Å². The SMILES string of the molecule is CC(C)[C@@H]1[C@@H](C)[N+]1(C)C.[I-]. The van der Waals surface area contributed by atoms with E-state index in [1.807, 2.05) is 0 Å². The van der Waals surface area contributed by atoms with E-state index in [4.69, 9.17) is 0 Å². The fourth-order valence-electron chi connectivity index (χ4n) is 2.15. The number of rotatable bonds is 1. The molecule has 0 unspecified atom stereocenters. The Morgan fingerprint density at radius 3 is 1.50 bits per heavy atom. The van der Waals surface area contributed by atoms with Gasteiger partial charge >= 0.3 is 0 Å². The second-order valence-corrected chi connectivity index (χ2v) is 4.10. The van der Waals surface area contributed by atoms with Crippen LogP contribution in [0.3, 0.4) is 0 Å². The van der Waals surface area contributed by atoms with E-state index < -0.39 is 0 Å². The van der Waals surface area contributed by atoms with Gasteiger partial charge in [-0.2, -0.15) is 0 Å². The van der Waals surface area contributed by atoms with Crippen LogP contribution in [-0.2, 0) is 0 Å². The van der Waals surface area contributed by atoms with Gasteiger partial charge in [-0.1, -0.05) is 13.8 Å². The quantitative estimate of drug-likeness (QED) is 0.304. The molecule has 1 heterocycles. The zero-order valence-electron chi connectivity index (χ0n) is 7.56. The summed E-state index contributed by atoms with van der Waals surface area (Å²) in [5.41, 5.74) is 0. The molecule has 0 aliphatic carbocycles. The molecule has 10 heavy (non-hydrogen) atoms. The monoisotopic (exact) mass is 255 g/mol.